The van der Waals surface area contributed by atoms with Crippen LogP contribution < -0.4 is 16.4 Å². The fourth-order valence-electron chi connectivity index (χ4n) is 2.77. The van der Waals surface area contributed by atoms with Gasteiger partial charge in [0, 0.05) is 33.1 Å². The lowest BCUT2D eigenvalue weighted by molar-refractivity contribution is -0.122. The molecule has 0 radical (unpaired) electrons. The molecule has 6 heteroatoms. The van der Waals surface area contributed by atoms with Gasteiger partial charge in [-0.3, -0.25) is 4.79 Å². The van der Waals surface area contributed by atoms with E-state index in [1.807, 2.05) is 37.3 Å². The summed E-state index contributed by atoms with van der Waals surface area (Å²) in [7, 11) is 1.74. The summed E-state index contributed by atoms with van der Waals surface area (Å²) in [6.45, 7) is 3.28. The third-order valence-electron chi connectivity index (χ3n) is 4.56. The molecule has 6 nitrogen and oxygen atoms in total. The van der Waals surface area contributed by atoms with Crippen LogP contribution in [0, 0.1) is 5.92 Å². The van der Waals surface area contributed by atoms with Crippen molar-refractivity contribution in [2.75, 3.05) is 20.1 Å². The first-order valence-electron chi connectivity index (χ1n) is 8.48. The van der Waals surface area contributed by atoms with Gasteiger partial charge in [-0.05, 0) is 31.2 Å². The van der Waals surface area contributed by atoms with E-state index in [0.717, 1.165) is 18.4 Å². The Kier molecular flexibility index (Phi) is 6.20. The van der Waals surface area contributed by atoms with E-state index in [0.29, 0.717) is 25.6 Å². The van der Waals surface area contributed by atoms with Crippen LogP contribution in [0.3, 0.4) is 0 Å². The van der Waals surface area contributed by atoms with Gasteiger partial charge in [0.25, 0.3) is 0 Å². The number of nitrogens with two attached hydrogens (primary N) is 1. The molecule has 3 amide bonds. The summed E-state index contributed by atoms with van der Waals surface area (Å²) in [6, 6.07) is 9.60. The predicted molar refractivity (Wildman–Crippen MR) is 94.3 cm³/mol. The van der Waals surface area contributed by atoms with E-state index in [4.69, 9.17) is 5.73 Å². The minimum absolute atomic E-state index is 0.0686. The molecule has 0 aromatic heterocycles. The first kappa shape index (κ1) is 18.3. The van der Waals surface area contributed by atoms with Crippen LogP contribution >= 0.6 is 0 Å². The number of carbonyl (C=O) groups excluding carboxylic acids is 2. The lowest BCUT2D eigenvalue weighted by atomic mass is 9.96. The predicted octanol–water partition coefficient (Wildman–Crippen LogP) is 1.46. The lowest BCUT2D eigenvalue weighted by Crippen LogP contribution is -2.53. The number of benzene rings is 1. The van der Waals surface area contributed by atoms with Crippen LogP contribution in [-0.4, -0.2) is 42.5 Å². The number of urea groups is 1. The SMILES string of the molecule is CN(Cc1ccccc1)C(=O)NCCC(=O)NC(C)(CN)C1CC1. The summed E-state index contributed by atoms with van der Waals surface area (Å²) in [5, 5.41) is 5.80. The van der Waals surface area contributed by atoms with Gasteiger partial charge < -0.3 is 21.3 Å². The number of rotatable bonds is 8. The maximum Gasteiger partial charge on any atom is 0.317 e. The molecule has 1 aliphatic rings. The van der Waals surface area contributed by atoms with Gasteiger partial charge >= 0.3 is 6.03 Å². The van der Waals surface area contributed by atoms with Crippen LogP contribution in [0.1, 0.15) is 31.7 Å². The van der Waals surface area contributed by atoms with E-state index in [-0.39, 0.29) is 23.9 Å². The van der Waals surface area contributed by atoms with Gasteiger partial charge in [0.2, 0.25) is 5.91 Å². The molecule has 1 aromatic carbocycles. The third-order valence-corrected chi connectivity index (χ3v) is 4.56. The van der Waals surface area contributed by atoms with Crippen molar-refractivity contribution >= 4 is 11.9 Å². The van der Waals surface area contributed by atoms with Gasteiger partial charge in [-0.2, -0.15) is 0 Å². The standard InChI is InChI=1S/C18H28N4O2/c1-18(13-19,15-8-9-15)21-16(23)10-11-20-17(24)22(2)12-14-6-4-3-5-7-14/h3-7,15H,8-13,19H2,1-2H3,(H,20,24)(H,21,23). The Morgan fingerprint density at radius 1 is 1.29 bits per heavy atom. The zero-order chi connectivity index (χ0) is 17.6. The summed E-state index contributed by atoms with van der Waals surface area (Å²) in [6.07, 6.45) is 2.50. The Morgan fingerprint density at radius 2 is 1.96 bits per heavy atom. The monoisotopic (exact) mass is 332 g/mol. The van der Waals surface area contributed by atoms with Crippen molar-refractivity contribution in [2.45, 2.75) is 38.3 Å². The van der Waals surface area contributed by atoms with Gasteiger partial charge in [0.1, 0.15) is 0 Å². The van der Waals surface area contributed by atoms with Gasteiger partial charge in [-0.15, -0.1) is 0 Å². The van der Waals surface area contributed by atoms with Crippen LogP contribution in [0.25, 0.3) is 0 Å². The molecule has 1 fully saturated rings. The normalized spacial score (nSPS) is 16.1. The molecule has 1 atom stereocenters. The van der Waals surface area contributed by atoms with Gasteiger partial charge in [0.15, 0.2) is 0 Å². The first-order valence-corrected chi connectivity index (χ1v) is 8.48. The van der Waals surface area contributed by atoms with E-state index >= 15 is 0 Å². The van der Waals surface area contributed by atoms with E-state index in [9.17, 15) is 9.59 Å². The molecule has 0 heterocycles. The lowest BCUT2D eigenvalue weighted by Gasteiger charge is -2.29. The first-order chi connectivity index (χ1) is 11.4. The summed E-state index contributed by atoms with van der Waals surface area (Å²) in [5.41, 5.74) is 6.55. The van der Waals surface area contributed by atoms with Crippen LogP contribution in [0.2, 0.25) is 0 Å². The Labute approximate surface area is 143 Å². The van der Waals surface area contributed by atoms with Gasteiger partial charge in [-0.25, -0.2) is 4.79 Å². The van der Waals surface area contributed by atoms with Crippen molar-refractivity contribution in [2.24, 2.45) is 11.7 Å². The number of carbonyl (C=O) groups is 2. The van der Waals surface area contributed by atoms with Crippen molar-refractivity contribution in [1.29, 1.82) is 0 Å². The quantitative estimate of drug-likeness (QED) is 0.673. The molecule has 132 valence electrons. The largest absolute Gasteiger partial charge is 0.349 e. The van der Waals surface area contributed by atoms with Crippen LogP contribution in [0.4, 0.5) is 4.79 Å². The van der Waals surface area contributed by atoms with E-state index in [2.05, 4.69) is 10.6 Å². The maximum atomic E-state index is 12.1. The van der Waals surface area contributed by atoms with Crippen molar-refractivity contribution < 1.29 is 9.59 Å². The zero-order valence-corrected chi connectivity index (χ0v) is 14.5. The van der Waals surface area contributed by atoms with Crippen molar-refractivity contribution in [3.63, 3.8) is 0 Å². The summed E-state index contributed by atoms with van der Waals surface area (Å²) in [5.74, 6) is 0.416. The van der Waals surface area contributed by atoms with E-state index in [1.165, 1.54) is 0 Å². The highest BCUT2D eigenvalue weighted by atomic mass is 16.2. The molecule has 1 aromatic rings. The maximum absolute atomic E-state index is 12.1. The second kappa shape index (κ2) is 8.15. The molecule has 1 aliphatic carbocycles. The Hall–Kier alpha value is -2.08. The molecule has 2 rings (SSSR count). The molecule has 4 N–H and O–H groups in total. The number of nitrogens with one attached hydrogen (secondary N) is 2. The number of nitrogens with zero attached hydrogens (tertiary/aromatic N) is 1. The number of hydrogen-bond acceptors (Lipinski definition) is 3. The topological polar surface area (TPSA) is 87.5 Å². The molecule has 1 unspecified atom stereocenters. The fraction of sp³-hybridized carbons (Fsp3) is 0.556. The molecule has 24 heavy (non-hydrogen) atoms. The second-order valence-electron chi connectivity index (χ2n) is 6.77. The minimum Gasteiger partial charge on any atom is -0.349 e. The molecule has 1 saturated carbocycles. The highest BCUT2D eigenvalue weighted by Crippen LogP contribution is 2.38. The third kappa shape index (κ3) is 5.23. The van der Waals surface area contributed by atoms with Gasteiger partial charge in [0.05, 0.1) is 5.54 Å². The van der Waals surface area contributed by atoms with Crippen molar-refractivity contribution in [3.05, 3.63) is 35.9 Å². The summed E-state index contributed by atoms with van der Waals surface area (Å²) in [4.78, 5) is 25.7. The number of hydrogen-bond donors (Lipinski definition) is 3. The van der Waals surface area contributed by atoms with Crippen molar-refractivity contribution in [3.8, 4) is 0 Å². The fourth-order valence-corrected chi connectivity index (χ4v) is 2.77. The minimum atomic E-state index is -0.314. The molecular formula is C18H28N4O2. The molecule has 0 bridgehead atoms. The van der Waals surface area contributed by atoms with Crippen molar-refractivity contribution in [1.82, 2.24) is 15.5 Å². The van der Waals surface area contributed by atoms with Crippen LogP contribution in [0.15, 0.2) is 30.3 Å². The molecular weight excluding hydrogens is 304 g/mol. The zero-order valence-electron chi connectivity index (χ0n) is 14.5. The van der Waals surface area contributed by atoms with E-state index < -0.39 is 0 Å². The highest BCUT2D eigenvalue weighted by molar-refractivity contribution is 5.78. The second-order valence-corrected chi connectivity index (χ2v) is 6.77. The van der Waals surface area contributed by atoms with Gasteiger partial charge in [-0.1, -0.05) is 30.3 Å². The molecule has 0 saturated heterocycles. The number of amides is 3. The Balaban J connectivity index is 1.69. The smallest absolute Gasteiger partial charge is 0.317 e. The van der Waals surface area contributed by atoms with Crippen LogP contribution in [-0.2, 0) is 11.3 Å². The highest BCUT2D eigenvalue weighted by Gasteiger charge is 2.41. The Morgan fingerprint density at radius 3 is 2.54 bits per heavy atom. The van der Waals surface area contributed by atoms with Crippen LogP contribution in [0.5, 0.6) is 0 Å². The average molecular weight is 332 g/mol. The Bertz CT molecular complexity index is 559. The summed E-state index contributed by atoms with van der Waals surface area (Å²) < 4.78 is 0. The summed E-state index contributed by atoms with van der Waals surface area (Å²) >= 11 is 0. The molecule has 0 spiro atoms. The molecule has 0 aliphatic heterocycles. The average Bonchev–Trinajstić information content (AvgIpc) is 3.41. The van der Waals surface area contributed by atoms with E-state index in [1.54, 1.807) is 11.9 Å².